The zero-order valence-corrected chi connectivity index (χ0v) is 59.3. The van der Waals surface area contributed by atoms with Crippen molar-refractivity contribution in [3.63, 3.8) is 0 Å². The van der Waals surface area contributed by atoms with Gasteiger partial charge in [-0.15, -0.1) is 12.8 Å². The van der Waals surface area contributed by atoms with Gasteiger partial charge in [-0.2, -0.15) is 0 Å². The zero-order valence-electron chi connectivity index (χ0n) is 59.3. The highest BCUT2D eigenvalue weighted by molar-refractivity contribution is 5.99. The summed E-state index contributed by atoms with van der Waals surface area (Å²) in [6, 6.07) is 45.5. The number of ketones is 5. The molecule has 2 aliphatic rings. The third-order valence-electron chi connectivity index (χ3n) is 17.9. The number of carbonyl (C=O) groups excluding carboxylic acids is 9. The smallest absolute Gasteiger partial charge is 0.224 e. The maximum Gasteiger partial charge on any atom is 0.224 e. The number of terminal acetylenes is 1. The molecule has 7 rings (SSSR count). The molecule has 98 heavy (non-hydrogen) atoms. The Kier molecular flexibility index (Phi) is 34.6. The Morgan fingerprint density at radius 3 is 1.01 bits per heavy atom. The van der Waals surface area contributed by atoms with Crippen molar-refractivity contribution in [1.29, 1.82) is 0 Å². The minimum Gasteiger partial charge on any atom is -0.361 e. The Labute approximate surface area is 585 Å². The third kappa shape index (κ3) is 28.7. The molecule has 530 valence electrons. The molecular formula is C83H112N4O11. The van der Waals surface area contributed by atoms with Crippen LogP contribution < -0.4 is 21.3 Å². The number of amides is 4. The molecule has 0 spiro atoms. The van der Waals surface area contributed by atoms with Crippen molar-refractivity contribution in [2.75, 3.05) is 13.2 Å². The summed E-state index contributed by atoms with van der Waals surface area (Å²) in [5.41, 5.74) is 3.19. The Hall–Kier alpha value is -8.19. The highest BCUT2D eigenvalue weighted by Gasteiger charge is 2.51. The first-order valence-corrected chi connectivity index (χ1v) is 34.9. The van der Waals surface area contributed by atoms with E-state index in [0.29, 0.717) is 71.0 Å². The predicted octanol–water partition coefficient (Wildman–Crippen LogP) is 13.1. The lowest BCUT2D eigenvalue weighted by atomic mass is 9.87. The van der Waals surface area contributed by atoms with Gasteiger partial charge in [-0.3, -0.25) is 43.2 Å². The number of benzene rings is 5. The van der Waals surface area contributed by atoms with E-state index in [9.17, 15) is 43.2 Å². The third-order valence-corrected chi connectivity index (χ3v) is 17.9. The molecule has 5 aromatic rings. The van der Waals surface area contributed by atoms with Gasteiger partial charge in [0.15, 0.2) is 23.1 Å². The van der Waals surface area contributed by atoms with Gasteiger partial charge in [-0.05, 0) is 130 Å². The van der Waals surface area contributed by atoms with Crippen molar-refractivity contribution < 1.29 is 52.6 Å². The summed E-state index contributed by atoms with van der Waals surface area (Å²) in [5, 5.41) is 12.0. The summed E-state index contributed by atoms with van der Waals surface area (Å²) in [5.74, 6) is -3.71. The molecule has 15 heteroatoms. The summed E-state index contributed by atoms with van der Waals surface area (Å²) < 4.78 is 10.8. The van der Waals surface area contributed by atoms with Crippen molar-refractivity contribution in [2.45, 2.75) is 209 Å². The number of Topliss-reactive ketones (excluding diaryl/α,β-unsaturated/α-hetero) is 5. The fourth-order valence-electron chi connectivity index (χ4n) is 12.0. The summed E-state index contributed by atoms with van der Waals surface area (Å²) in [7, 11) is 0. The van der Waals surface area contributed by atoms with E-state index < -0.39 is 53.1 Å². The van der Waals surface area contributed by atoms with Crippen molar-refractivity contribution in [1.82, 2.24) is 21.3 Å². The van der Waals surface area contributed by atoms with E-state index in [0.717, 1.165) is 28.7 Å². The number of rotatable bonds is 40. The van der Waals surface area contributed by atoms with Gasteiger partial charge < -0.3 is 30.7 Å². The lowest BCUT2D eigenvalue weighted by Crippen LogP contribution is -2.50. The minimum atomic E-state index is -0.899. The minimum absolute atomic E-state index is 0. The van der Waals surface area contributed by atoms with Gasteiger partial charge in [0, 0.05) is 49.4 Å². The first-order chi connectivity index (χ1) is 46.2. The van der Waals surface area contributed by atoms with Crippen LogP contribution in [0.5, 0.6) is 0 Å². The van der Waals surface area contributed by atoms with E-state index in [1.807, 2.05) is 214 Å². The van der Waals surface area contributed by atoms with Crippen molar-refractivity contribution in [2.24, 2.45) is 47.3 Å². The molecular weight excluding hydrogens is 1230 g/mol. The second-order valence-electron chi connectivity index (χ2n) is 28.7. The maximum atomic E-state index is 14.2. The highest BCUT2D eigenvalue weighted by Crippen LogP contribution is 2.32. The van der Waals surface area contributed by atoms with Crippen LogP contribution in [0.1, 0.15) is 169 Å². The zero-order chi connectivity index (χ0) is 71.2. The molecule has 2 fully saturated rings. The summed E-state index contributed by atoms with van der Waals surface area (Å²) in [6.45, 7) is 22.1. The van der Waals surface area contributed by atoms with Crippen LogP contribution in [0.3, 0.4) is 0 Å². The van der Waals surface area contributed by atoms with Crippen LogP contribution in [0.4, 0.5) is 0 Å². The number of epoxide rings is 2. The van der Waals surface area contributed by atoms with Gasteiger partial charge in [0.25, 0.3) is 0 Å². The molecule has 0 saturated carbocycles. The maximum absolute atomic E-state index is 14.2. The SMILES string of the molecule is C.C#C.CC(C)C[C@H](NC(=O)[C@@H](C)CCc1ccccc1)C(=O)C[C@@H](Cc1ccccc1)C(=O)N[C@@H](CC(C)C)C(=O)[C@@]1(C)CO1.CC(C)C[C@H](NC(=O)[C@H](CCc1ccccc1)CC(=O)Cc1ccccc1)C(=O)C[C@@H](Cc1ccccc1)C(=O)N[C@@H](CC(C)C)C(=O)[C@@]1(C)CO1. The standard InChI is InChI=1S/C44H56N2O6.C36H50N2O5.C2H2.CH4/c1-30(2)23-38(45-42(50)35(22-21-32-15-9-6-10-16-32)27-37(47)26-34-19-13-8-14-20-34)40(48)28-36(25-33-17-11-7-12-18-33)43(51)46-39(24-31(3)4)41(49)44(5)29-52-44;1-24(2)19-30(37-34(41)26(5)17-18-27-13-9-7-10-14-27)32(39)22-29(21-28-15-11-8-12-16-28)35(42)38-31(20-25(3)4)33(40)36(6)23-43-36;1-2;/h6-20,30-31,35-36,38-39H,21-29H2,1-5H3,(H,45,50)(H,46,51);7-16,24-26,29-31H,17-23H2,1-6H3,(H,37,41)(H,38,42);1-2H;1H4/t35-,36-,38+,39+,44-;26-,29+,30-,31-,36+;;/m10../s1. The van der Waals surface area contributed by atoms with Crippen molar-refractivity contribution in [3.8, 4) is 12.8 Å². The molecule has 2 saturated heterocycles. The summed E-state index contributed by atoms with van der Waals surface area (Å²) in [6.07, 6.45) is 13.1. The molecule has 0 unspecified atom stereocenters. The molecule has 0 radical (unpaired) electrons. The van der Waals surface area contributed by atoms with E-state index in [4.69, 9.17) is 9.47 Å². The van der Waals surface area contributed by atoms with Gasteiger partial charge in [-0.1, -0.05) is 221 Å². The van der Waals surface area contributed by atoms with E-state index in [1.165, 1.54) is 5.56 Å². The quantitative estimate of drug-likeness (QED) is 0.0213. The Balaban J connectivity index is 0.000000409. The van der Waals surface area contributed by atoms with E-state index in [-0.39, 0.29) is 115 Å². The van der Waals surface area contributed by atoms with Gasteiger partial charge >= 0.3 is 0 Å². The van der Waals surface area contributed by atoms with Crippen LogP contribution in [0, 0.1) is 60.2 Å². The largest absolute Gasteiger partial charge is 0.361 e. The van der Waals surface area contributed by atoms with Crippen molar-refractivity contribution >= 4 is 52.5 Å². The lowest BCUT2D eigenvalue weighted by Gasteiger charge is -2.27. The number of nitrogens with one attached hydrogen (secondary N) is 4. The van der Waals surface area contributed by atoms with Crippen molar-refractivity contribution in [3.05, 3.63) is 179 Å². The molecule has 5 aromatic carbocycles. The fraction of sp³-hybridized carbons (Fsp3) is 0.506. The molecule has 2 aliphatic heterocycles. The summed E-state index contributed by atoms with van der Waals surface area (Å²) in [4.78, 5) is 123. The second-order valence-corrected chi connectivity index (χ2v) is 28.7. The average Bonchev–Trinajstić information content (AvgIpc) is 1.64. The number of hydrogen-bond acceptors (Lipinski definition) is 11. The average molecular weight is 1340 g/mol. The summed E-state index contributed by atoms with van der Waals surface area (Å²) >= 11 is 0. The molecule has 4 amide bonds. The Morgan fingerprint density at radius 2 is 0.673 bits per heavy atom. The number of ether oxygens (including phenoxy) is 2. The molecule has 0 bridgehead atoms. The molecule has 4 N–H and O–H groups in total. The molecule has 0 aromatic heterocycles. The first kappa shape index (κ1) is 82.2. The highest BCUT2D eigenvalue weighted by atomic mass is 16.6. The first-order valence-electron chi connectivity index (χ1n) is 34.9. The van der Waals surface area contributed by atoms with E-state index in [1.54, 1.807) is 13.8 Å². The van der Waals surface area contributed by atoms with Crippen LogP contribution in [0.2, 0.25) is 0 Å². The number of carbonyl (C=O) groups is 9. The van der Waals surface area contributed by atoms with Gasteiger partial charge in [-0.25, -0.2) is 0 Å². The molecule has 15 nitrogen and oxygen atoms in total. The monoisotopic (exact) mass is 1340 g/mol. The normalized spacial score (nSPS) is 17.6. The van der Waals surface area contributed by atoms with Gasteiger partial charge in [0.2, 0.25) is 23.6 Å². The van der Waals surface area contributed by atoms with Gasteiger partial charge in [0.05, 0.1) is 37.4 Å². The van der Waals surface area contributed by atoms with Crippen LogP contribution in [-0.4, -0.2) is 101 Å². The van der Waals surface area contributed by atoms with Gasteiger partial charge in [0.1, 0.15) is 17.0 Å². The lowest BCUT2D eigenvalue weighted by molar-refractivity contribution is -0.135. The number of aryl methyl sites for hydroxylation is 2. The predicted molar refractivity (Wildman–Crippen MR) is 389 cm³/mol. The van der Waals surface area contributed by atoms with E-state index in [2.05, 4.69) is 34.1 Å². The van der Waals surface area contributed by atoms with Crippen LogP contribution >= 0.6 is 0 Å². The molecule has 10 atom stereocenters. The molecule has 0 aliphatic carbocycles. The van der Waals surface area contributed by atoms with Crippen LogP contribution in [0.25, 0.3) is 0 Å². The Bertz CT molecular complexity index is 3310. The van der Waals surface area contributed by atoms with E-state index >= 15 is 0 Å². The topological polar surface area (TPSA) is 227 Å². The second kappa shape index (κ2) is 41.3. The van der Waals surface area contributed by atoms with Crippen LogP contribution in [-0.2, 0) is 84.7 Å². The van der Waals surface area contributed by atoms with Crippen LogP contribution in [0.15, 0.2) is 152 Å². The number of hydrogen-bond donors (Lipinski definition) is 4. The fourth-order valence-corrected chi connectivity index (χ4v) is 12.0. The molecule has 2 heterocycles. The Morgan fingerprint density at radius 1 is 0.388 bits per heavy atom.